The van der Waals surface area contributed by atoms with E-state index in [1.165, 1.54) is 30.7 Å². The third-order valence-corrected chi connectivity index (χ3v) is 4.19. The number of β-lactam (4-membered cyclic amide) rings is 1. The molecule has 2 N–H and O–H groups in total. The van der Waals surface area contributed by atoms with E-state index in [9.17, 15) is 14.7 Å². The fourth-order valence-corrected chi connectivity index (χ4v) is 3.67. The van der Waals surface area contributed by atoms with E-state index in [1.807, 2.05) is 0 Å². The van der Waals surface area contributed by atoms with Crippen molar-refractivity contribution < 1.29 is 24.5 Å². The van der Waals surface area contributed by atoms with Crippen LogP contribution in [0.4, 0.5) is 0 Å². The Morgan fingerprint density at radius 1 is 1.65 bits per heavy atom. The standard InChI is InChI=1S/C10H13NO5S/c1-4(12)6-8(13)11-7(10(14)15)5(3-16-2)17-9(6)11/h4,6,9,12H,3H2,1-2H3,(H,14,15)/t4?,6-,9+/m0/s1. The first-order chi connectivity index (χ1) is 7.99. The quantitative estimate of drug-likeness (QED) is 0.682. The van der Waals surface area contributed by atoms with Crippen molar-refractivity contribution in [1.29, 1.82) is 0 Å². The van der Waals surface area contributed by atoms with E-state index in [0.717, 1.165) is 0 Å². The first-order valence-corrected chi connectivity index (χ1v) is 6.00. The van der Waals surface area contributed by atoms with Crippen LogP contribution in [0.5, 0.6) is 0 Å². The number of rotatable bonds is 4. The molecule has 1 amide bonds. The third kappa shape index (κ3) is 1.74. The van der Waals surface area contributed by atoms with Crippen LogP contribution in [0.1, 0.15) is 6.92 Å². The summed E-state index contributed by atoms with van der Waals surface area (Å²) < 4.78 is 4.92. The number of hydrogen-bond donors (Lipinski definition) is 2. The van der Waals surface area contributed by atoms with Gasteiger partial charge in [-0.2, -0.15) is 0 Å². The van der Waals surface area contributed by atoms with Gasteiger partial charge >= 0.3 is 5.97 Å². The minimum absolute atomic E-state index is 0.0104. The summed E-state index contributed by atoms with van der Waals surface area (Å²) in [5, 5.41) is 18.3. The Kier molecular flexibility index (Phi) is 3.15. The molecule has 17 heavy (non-hydrogen) atoms. The van der Waals surface area contributed by atoms with Crippen LogP contribution in [0.3, 0.4) is 0 Å². The maximum Gasteiger partial charge on any atom is 0.353 e. The van der Waals surface area contributed by atoms with Crippen LogP contribution in [0.25, 0.3) is 0 Å². The molecule has 7 heteroatoms. The van der Waals surface area contributed by atoms with Gasteiger partial charge in [-0.25, -0.2) is 4.79 Å². The minimum Gasteiger partial charge on any atom is -0.477 e. The molecule has 0 radical (unpaired) electrons. The van der Waals surface area contributed by atoms with Crippen LogP contribution in [-0.2, 0) is 14.3 Å². The molecule has 6 nitrogen and oxygen atoms in total. The fraction of sp³-hybridized carbons (Fsp3) is 0.600. The molecule has 0 bridgehead atoms. The summed E-state index contributed by atoms with van der Waals surface area (Å²) in [6, 6.07) is 0. The van der Waals surface area contributed by atoms with Crippen LogP contribution in [0.2, 0.25) is 0 Å². The molecular formula is C10H13NO5S. The van der Waals surface area contributed by atoms with Crippen molar-refractivity contribution in [3.63, 3.8) is 0 Å². The number of aliphatic hydroxyl groups is 1. The lowest BCUT2D eigenvalue weighted by Crippen LogP contribution is -2.60. The minimum atomic E-state index is -1.13. The fourth-order valence-electron chi connectivity index (χ4n) is 2.09. The number of nitrogens with zero attached hydrogens (tertiary/aromatic N) is 1. The van der Waals surface area contributed by atoms with Crippen LogP contribution in [0.15, 0.2) is 10.6 Å². The second-order valence-corrected chi connectivity index (χ2v) is 5.20. The lowest BCUT2D eigenvalue weighted by Gasteiger charge is -2.43. The Morgan fingerprint density at radius 3 is 2.76 bits per heavy atom. The molecule has 3 atom stereocenters. The number of carbonyl (C=O) groups excluding carboxylic acids is 1. The zero-order chi connectivity index (χ0) is 12.7. The molecule has 2 aliphatic heterocycles. The zero-order valence-corrected chi connectivity index (χ0v) is 10.2. The Morgan fingerprint density at radius 2 is 2.29 bits per heavy atom. The SMILES string of the molecule is COCC1=C(C(=O)O)N2C(=O)[C@H](C(C)O)[C@H]2S1. The Bertz CT molecular complexity index is 406. The van der Waals surface area contributed by atoms with Gasteiger partial charge in [-0.15, -0.1) is 0 Å². The number of carboxylic acid groups (broad SMARTS) is 1. The van der Waals surface area contributed by atoms with Crippen LogP contribution in [0, 0.1) is 5.92 Å². The zero-order valence-electron chi connectivity index (χ0n) is 9.41. The summed E-state index contributed by atoms with van der Waals surface area (Å²) in [6.45, 7) is 1.70. The van der Waals surface area contributed by atoms with Crippen LogP contribution in [-0.4, -0.2) is 52.2 Å². The van der Waals surface area contributed by atoms with Crippen molar-refractivity contribution in [2.75, 3.05) is 13.7 Å². The second-order valence-electron chi connectivity index (χ2n) is 3.99. The number of carbonyl (C=O) groups is 2. The topological polar surface area (TPSA) is 87.1 Å². The largest absolute Gasteiger partial charge is 0.477 e. The number of ether oxygens (including phenoxy) is 1. The van der Waals surface area contributed by atoms with Gasteiger partial charge in [-0.1, -0.05) is 11.8 Å². The molecule has 94 valence electrons. The number of carboxylic acids is 1. The summed E-state index contributed by atoms with van der Waals surface area (Å²) in [4.78, 5) is 24.6. The van der Waals surface area contributed by atoms with Gasteiger partial charge in [0.15, 0.2) is 0 Å². The van der Waals surface area contributed by atoms with Gasteiger partial charge in [-0.05, 0) is 6.92 Å². The molecular weight excluding hydrogens is 246 g/mol. The van der Waals surface area contributed by atoms with E-state index in [4.69, 9.17) is 9.84 Å². The molecule has 0 aliphatic carbocycles. The van der Waals surface area contributed by atoms with E-state index in [2.05, 4.69) is 0 Å². The summed E-state index contributed by atoms with van der Waals surface area (Å²) in [6.07, 6.45) is -0.770. The lowest BCUT2D eigenvalue weighted by atomic mass is 9.92. The molecule has 0 saturated carbocycles. The molecule has 0 spiro atoms. The first-order valence-electron chi connectivity index (χ1n) is 5.12. The summed E-state index contributed by atoms with van der Waals surface area (Å²) >= 11 is 1.28. The van der Waals surface area contributed by atoms with Crippen molar-refractivity contribution in [1.82, 2.24) is 4.90 Å². The van der Waals surface area contributed by atoms with Gasteiger partial charge < -0.3 is 14.9 Å². The number of aliphatic carboxylic acids is 1. The molecule has 1 unspecified atom stereocenters. The van der Waals surface area contributed by atoms with Crippen molar-refractivity contribution in [3.8, 4) is 0 Å². The normalized spacial score (nSPS) is 29.1. The maximum atomic E-state index is 11.8. The third-order valence-electron chi connectivity index (χ3n) is 2.85. The van der Waals surface area contributed by atoms with Gasteiger partial charge in [0.25, 0.3) is 0 Å². The molecule has 0 aromatic heterocycles. The Labute approximate surface area is 102 Å². The van der Waals surface area contributed by atoms with Gasteiger partial charge in [0, 0.05) is 12.0 Å². The van der Waals surface area contributed by atoms with Gasteiger partial charge in [0.2, 0.25) is 5.91 Å². The highest BCUT2D eigenvalue weighted by molar-refractivity contribution is 8.04. The number of amides is 1. The molecule has 1 saturated heterocycles. The highest BCUT2D eigenvalue weighted by atomic mass is 32.2. The van der Waals surface area contributed by atoms with Crippen molar-refractivity contribution >= 4 is 23.6 Å². The number of aliphatic hydroxyl groups excluding tert-OH is 1. The Hall–Kier alpha value is -1.05. The molecule has 2 heterocycles. The van der Waals surface area contributed by atoms with Crippen LogP contribution >= 0.6 is 11.8 Å². The average molecular weight is 259 g/mol. The second kappa shape index (κ2) is 4.32. The number of fused-ring (bicyclic) bond motifs is 1. The summed E-state index contributed by atoms with van der Waals surface area (Å²) in [5.41, 5.74) is -0.0104. The van der Waals surface area contributed by atoms with E-state index < -0.39 is 18.0 Å². The van der Waals surface area contributed by atoms with E-state index >= 15 is 0 Å². The van der Waals surface area contributed by atoms with E-state index in [1.54, 1.807) is 0 Å². The molecule has 1 fully saturated rings. The highest BCUT2D eigenvalue weighted by Crippen LogP contribution is 2.50. The van der Waals surface area contributed by atoms with Crippen LogP contribution < -0.4 is 0 Å². The van der Waals surface area contributed by atoms with Gasteiger partial charge in [0.05, 0.1) is 18.6 Å². The molecule has 0 aromatic carbocycles. The predicted octanol–water partition coefficient (Wildman–Crippen LogP) is -0.159. The molecule has 0 aromatic rings. The summed E-state index contributed by atoms with van der Waals surface area (Å²) in [7, 11) is 1.47. The number of hydrogen-bond acceptors (Lipinski definition) is 5. The monoisotopic (exact) mass is 259 g/mol. The number of thioether (sulfide) groups is 1. The maximum absolute atomic E-state index is 11.8. The molecule has 2 aliphatic rings. The summed E-state index contributed by atoms with van der Waals surface area (Å²) in [5.74, 6) is -1.99. The average Bonchev–Trinajstić information content (AvgIpc) is 2.53. The molecule has 2 rings (SSSR count). The van der Waals surface area contributed by atoms with Crippen molar-refractivity contribution in [3.05, 3.63) is 10.6 Å². The van der Waals surface area contributed by atoms with Crippen molar-refractivity contribution in [2.24, 2.45) is 5.92 Å². The Balaban J connectivity index is 2.26. The van der Waals surface area contributed by atoms with Gasteiger partial charge in [0.1, 0.15) is 11.1 Å². The first kappa shape index (κ1) is 12.4. The van der Waals surface area contributed by atoms with Crippen molar-refractivity contribution in [2.45, 2.75) is 18.4 Å². The van der Waals surface area contributed by atoms with E-state index in [0.29, 0.717) is 4.91 Å². The lowest BCUT2D eigenvalue weighted by molar-refractivity contribution is -0.156. The van der Waals surface area contributed by atoms with Gasteiger partial charge in [-0.3, -0.25) is 9.69 Å². The predicted molar refractivity (Wildman–Crippen MR) is 59.9 cm³/mol. The number of methoxy groups -OCH3 is 1. The van der Waals surface area contributed by atoms with E-state index in [-0.39, 0.29) is 23.6 Å². The highest BCUT2D eigenvalue weighted by Gasteiger charge is 2.57. The smallest absolute Gasteiger partial charge is 0.353 e.